The summed E-state index contributed by atoms with van der Waals surface area (Å²) >= 11 is -0.743. The average molecular weight is 1320 g/mol. The monoisotopic (exact) mass is 1320 g/mol. The molecule has 0 radical (unpaired) electrons. The van der Waals surface area contributed by atoms with Crippen LogP contribution in [0.4, 0.5) is 31.9 Å². The zero-order chi connectivity index (χ0) is 61.7. The van der Waals surface area contributed by atoms with Crippen LogP contribution in [-0.2, 0) is 63.8 Å². The van der Waals surface area contributed by atoms with Crippen LogP contribution in [0.5, 0.6) is 23.0 Å². The molecule has 4 heterocycles. The summed E-state index contributed by atoms with van der Waals surface area (Å²) < 4.78 is 50.9. The maximum absolute atomic E-state index is 11.5. The Morgan fingerprint density at radius 3 is 0.795 bits per heavy atom. The van der Waals surface area contributed by atoms with E-state index < -0.39 is 0 Å². The molecule has 0 unspecified atom stereocenters. The van der Waals surface area contributed by atoms with Crippen molar-refractivity contribution in [2.24, 2.45) is 0 Å². The van der Waals surface area contributed by atoms with E-state index >= 15 is 0 Å². The standard InChI is InChI=1S/C72H80N2O12Se2/c1-5-61(75)79-45-21-13-9-17-25-53-29-37-57(38-30-53)73(58-39-31-54(32-40-58)26-18-10-14-22-46-80-62(76)6-2)71-67-65(83-49-51-85-67)69(87-71)70-66-68(86-52-50-84-66)72(88-70)74(59-41-33-55(34-42-59)27-19-11-15-23-47-81-63(77)7-3)60-43-35-56(36-44-60)28-20-12-16-24-48-82-64(78)8-4/h5-8,29-44,49-52H,1-4,9-28,45-48H2. The third-order valence-corrected chi connectivity index (χ3v) is 20.4. The van der Waals surface area contributed by atoms with Crippen molar-refractivity contribution in [3.63, 3.8) is 0 Å². The Morgan fingerprint density at radius 1 is 0.330 bits per heavy atom. The van der Waals surface area contributed by atoms with E-state index in [0.717, 1.165) is 169 Å². The number of fused-ring (bicyclic) bond motifs is 2. The third kappa shape index (κ3) is 19.5. The van der Waals surface area contributed by atoms with Crippen molar-refractivity contribution in [1.29, 1.82) is 0 Å². The molecule has 6 aromatic rings. The Bertz CT molecular complexity index is 2950. The van der Waals surface area contributed by atoms with Crippen LogP contribution in [0.1, 0.15) is 125 Å². The van der Waals surface area contributed by atoms with E-state index in [9.17, 15) is 19.2 Å². The van der Waals surface area contributed by atoms with Gasteiger partial charge in [-0.15, -0.1) is 0 Å². The Balaban J connectivity index is 1.09. The molecule has 8 rings (SSSR count). The van der Waals surface area contributed by atoms with Crippen LogP contribution >= 0.6 is 0 Å². The number of ether oxygens (including phenoxy) is 8. The van der Waals surface area contributed by atoms with Gasteiger partial charge in [-0.05, 0) is 0 Å². The SMILES string of the molecule is C=CC(=O)OCCCCCCc1ccc(N(c2ccc(CCCCCCOC(=O)C=C)cc2)c2[se]c(-c3[se]c(N(c4ccc(CCCCCCOC(=O)C=C)cc4)c4ccc(CCCCCCOC(=O)C=C)cc4)c4c3OC=CO4)c3c2OC=CO3)cc1. The Morgan fingerprint density at radius 2 is 0.557 bits per heavy atom. The van der Waals surface area contributed by atoms with Crippen molar-refractivity contribution in [2.45, 2.75) is 128 Å². The molecule has 4 aromatic carbocycles. The first-order chi connectivity index (χ1) is 43.2. The Kier molecular flexibility index (Phi) is 26.8. The fourth-order valence-electron chi connectivity index (χ4n) is 10.3. The molecule has 0 saturated carbocycles. The molecule has 0 aliphatic carbocycles. The van der Waals surface area contributed by atoms with Gasteiger partial charge < -0.3 is 18.9 Å². The molecular weight excluding hydrogens is 1240 g/mol. The van der Waals surface area contributed by atoms with Crippen molar-refractivity contribution < 1.29 is 57.1 Å². The van der Waals surface area contributed by atoms with Gasteiger partial charge in [0.2, 0.25) is 0 Å². The number of hydrogen-bond donors (Lipinski definition) is 0. The average Bonchev–Trinajstić information content (AvgIpc) is 1.86. The second-order valence-electron chi connectivity index (χ2n) is 21.3. The molecule has 0 amide bonds. The van der Waals surface area contributed by atoms with Crippen LogP contribution in [0.2, 0.25) is 0 Å². The van der Waals surface area contributed by atoms with Crippen LogP contribution in [0.25, 0.3) is 8.87 Å². The fraction of sp³-hybridized carbons (Fsp3) is 0.333. The molecule has 2 aliphatic rings. The molecule has 0 bridgehead atoms. The molecule has 0 spiro atoms. The van der Waals surface area contributed by atoms with Gasteiger partial charge >= 0.3 is 445 Å². The summed E-state index contributed by atoms with van der Waals surface area (Å²) in [5.41, 5.74) is 8.92. The van der Waals surface area contributed by atoms with Crippen molar-refractivity contribution in [2.75, 3.05) is 36.2 Å². The van der Waals surface area contributed by atoms with Gasteiger partial charge in [-0.3, -0.25) is 0 Å². The van der Waals surface area contributed by atoms with Gasteiger partial charge in [-0.1, -0.05) is 26.3 Å². The third-order valence-electron chi connectivity index (χ3n) is 14.9. The zero-order valence-electron chi connectivity index (χ0n) is 50.3. The number of nitrogens with zero attached hydrogens (tertiary/aromatic N) is 2. The van der Waals surface area contributed by atoms with Gasteiger partial charge in [0.25, 0.3) is 0 Å². The second-order valence-corrected chi connectivity index (χ2v) is 25.5. The van der Waals surface area contributed by atoms with Crippen molar-refractivity contribution in [1.82, 2.24) is 0 Å². The minimum atomic E-state index is -0.385. The molecule has 0 saturated heterocycles. The Labute approximate surface area is 530 Å². The number of rotatable bonds is 39. The fourth-order valence-corrected chi connectivity index (χ4v) is 16.0. The summed E-state index contributed by atoms with van der Waals surface area (Å²) in [4.78, 5) is 50.6. The molecule has 462 valence electrons. The van der Waals surface area contributed by atoms with Crippen molar-refractivity contribution >= 4 is 84.8 Å². The molecule has 14 nitrogen and oxygen atoms in total. The summed E-state index contributed by atoms with van der Waals surface area (Å²) in [5, 5.41) is 0. The van der Waals surface area contributed by atoms with Crippen LogP contribution in [0, 0.1) is 0 Å². The van der Waals surface area contributed by atoms with E-state index in [1.807, 2.05) is 0 Å². The van der Waals surface area contributed by atoms with E-state index in [4.69, 9.17) is 37.9 Å². The number of esters is 4. The second kappa shape index (κ2) is 35.7. The van der Waals surface area contributed by atoms with Crippen LogP contribution in [-0.4, -0.2) is 79.3 Å². The zero-order valence-corrected chi connectivity index (χ0v) is 53.7. The summed E-state index contributed by atoms with van der Waals surface area (Å²) in [6.45, 7) is 15.5. The first-order valence-electron chi connectivity index (χ1n) is 30.6. The molecule has 0 N–H and O–H groups in total. The van der Waals surface area contributed by atoms with E-state index in [1.165, 1.54) is 46.6 Å². The van der Waals surface area contributed by atoms with Gasteiger partial charge in [-0.2, -0.15) is 0 Å². The van der Waals surface area contributed by atoms with Gasteiger partial charge in [0.1, 0.15) is 0 Å². The molecule has 0 atom stereocenters. The first kappa shape index (κ1) is 66.0. The number of unbranched alkanes of at least 4 members (excludes halogenated alkanes) is 12. The van der Waals surface area contributed by atoms with Gasteiger partial charge in [-0.25, -0.2) is 19.2 Å². The van der Waals surface area contributed by atoms with E-state index in [1.54, 1.807) is 25.0 Å². The first-order valence-corrected chi connectivity index (χ1v) is 34.0. The number of aryl methyl sites for hydroxylation is 4. The van der Waals surface area contributed by atoms with E-state index in [0.29, 0.717) is 49.4 Å². The molecule has 0 fully saturated rings. The van der Waals surface area contributed by atoms with Crippen molar-refractivity contribution in [3.8, 4) is 31.9 Å². The summed E-state index contributed by atoms with van der Waals surface area (Å²) in [5.74, 6) is 1.10. The van der Waals surface area contributed by atoms with Crippen LogP contribution < -0.4 is 28.7 Å². The Hall–Kier alpha value is -8.00. The van der Waals surface area contributed by atoms with E-state index in [-0.39, 0.29) is 52.9 Å². The molecular formula is C72H80N2O12Se2. The van der Waals surface area contributed by atoms with E-state index in [2.05, 4.69) is 133 Å². The van der Waals surface area contributed by atoms with Gasteiger partial charge in [0.05, 0.1) is 0 Å². The normalized spacial score (nSPS) is 11.8. The molecule has 2 aliphatic heterocycles. The van der Waals surface area contributed by atoms with Crippen molar-refractivity contribution in [3.05, 3.63) is 195 Å². The molecule has 16 heteroatoms. The molecule has 88 heavy (non-hydrogen) atoms. The molecule has 2 aromatic heterocycles. The predicted molar refractivity (Wildman–Crippen MR) is 349 cm³/mol. The minimum absolute atomic E-state index is 0.372. The number of carbonyl (C=O) groups is 4. The summed E-state index contributed by atoms with van der Waals surface area (Å²) in [6.07, 6.45) is 30.2. The van der Waals surface area contributed by atoms with Crippen LogP contribution in [0.15, 0.2) is 173 Å². The van der Waals surface area contributed by atoms with Gasteiger partial charge in [0.15, 0.2) is 0 Å². The number of carbonyl (C=O) groups excluding carboxylic acids is 4. The quantitative estimate of drug-likeness (QED) is 0.0118. The van der Waals surface area contributed by atoms with Gasteiger partial charge in [0, 0.05) is 24.3 Å². The summed E-state index contributed by atoms with van der Waals surface area (Å²) in [6, 6.07) is 35.3. The number of benzene rings is 4. The predicted octanol–water partition coefficient (Wildman–Crippen LogP) is 16.2. The summed E-state index contributed by atoms with van der Waals surface area (Å²) in [7, 11) is 0. The number of anilines is 6. The topological polar surface area (TPSA) is 149 Å². The maximum atomic E-state index is 11.5. The number of hydrogen-bond acceptors (Lipinski definition) is 14. The van der Waals surface area contributed by atoms with Crippen LogP contribution in [0.3, 0.4) is 0 Å².